The Kier molecular flexibility index (Phi) is 1.62. The third-order valence-electron chi connectivity index (χ3n) is 1.68. The fourth-order valence-corrected chi connectivity index (χ4v) is 1.82. The van der Waals surface area contributed by atoms with E-state index in [4.69, 9.17) is 11.5 Å². The zero-order valence-electron chi connectivity index (χ0n) is 6.37. The number of hydrogen-bond donors (Lipinski definition) is 3. The van der Waals surface area contributed by atoms with Crippen molar-refractivity contribution in [2.45, 2.75) is 4.90 Å². The Morgan fingerprint density at radius 1 is 1.25 bits per heavy atom. The largest absolute Gasteiger partial charge is 0.398 e. The number of hydrogen-bond acceptors (Lipinski definition) is 4. The van der Waals surface area contributed by atoms with Gasteiger partial charge < -0.3 is 16.2 Å². The van der Waals surface area contributed by atoms with Crippen molar-refractivity contribution in [3.05, 3.63) is 29.6 Å². The number of fused-ring (bicyclic) bond motifs is 1. The molecule has 0 spiro atoms. The lowest BCUT2D eigenvalue weighted by Gasteiger charge is -2.15. The molecule has 0 unspecified atom stereocenters. The first kappa shape index (κ1) is 7.36. The van der Waals surface area contributed by atoms with Gasteiger partial charge in [-0.3, -0.25) is 0 Å². The SMILES string of the molecule is NC1=Cc2c(N)cccc2SN1. The molecule has 0 bridgehead atoms. The standard InChI is InChI=1S/C8H9N3S/c9-6-2-1-3-7-5(6)4-8(10)11-12-7/h1-4,11H,9-10H2. The minimum absolute atomic E-state index is 0.644. The molecule has 1 heterocycles. The second kappa shape index (κ2) is 2.64. The molecule has 0 saturated carbocycles. The topological polar surface area (TPSA) is 64.1 Å². The summed E-state index contributed by atoms with van der Waals surface area (Å²) in [5.74, 6) is 0.644. The van der Waals surface area contributed by atoms with Crippen molar-refractivity contribution in [2.24, 2.45) is 5.73 Å². The zero-order chi connectivity index (χ0) is 8.55. The third kappa shape index (κ3) is 1.10. The average Bonchev–Trinajstić information content (AvgIpc) is 2.07. The quantitative estimate of drug-likeness (QED) is 0.413. The van der Waals surface area contributed by atoms with E-state index in [2.05, 4.69) is 4.72 Å². The lowest BCUT2D eigenvalue weighted by Crippen LogP contribution is -2.16. The molecule has 3 nitrogen and oxygen atoms in total. The predicted molar refractivity (Wildman–Crippen MR) is 52.0 cm³/mol. The van der Waals surface area contributed by atoms with E-state index < -0.39 is 0 Å². The van der Waals surface area contributed by atoms with Gasteiger partial charge in [-0.25, -0.2) is 0 Å². The molecule has 0 radical (unpaired) electrons. The lowest BCUT2D eigenvalue weighted by molar-refractivity contribution is 1.14. The molecular formula is C8H9N3S. The fraction of sp³-hybridized carbons (Fsp3) is 0. The van der Waals surface area contributed by atoms with Gasteiger partial charge in [0.2, 0.25) is 0 Å². The molecular weight excluding hydrogens is 170 g/mol. The number of nitrogens with one attached hydrogen (secondary N) is 1. The highest BCUT2D eigenvalue weighted by Gasteiger charge is 2.09. The number of nitrogen functional groups attached to an aromatic ring is 1. The molecule has 5 N–H and O–H groups in total. The Morgan fingerprint density at radius 3 is 2.92 bits per heavy atom. The summed E-state index contributed by atoms with van der Waals surface area (Å²) in [7, 11) is 0. The van der Waals surface area contributed by atoms with E-state index in [1.807, 2.05) is 24.3 Å². The molecule has 62 valence electrons. The second-order valence-electron chi connectivity index (χ2n) is 2.56. The van der Waals surface area contributed by atoms with Crippen molar-refractivity contribution < 1.29 is 0 Å². The highest BCUT2D eigenvalue weighted by molar-refractivity contribution is 7.97. The first-order valence-electron chi connectivity index (χ1n) is 3.56. The summed E-state index contributed by atoms with van der Waals surface area (Å²) in [5.41, 5.74) is 13.1. The highest BCUT2D eigenvalue weighted by atomic mass is 32.2. The van der Waals surface area contributed by atoms with Crippen LogP contribution in [0, 0.1) is 0 Å². The van der Waals surface area contributed by atoms with Crippen LogP contribution in [0.15, 0.2) is 28.9 Å². The van der Waals surface area contributed by atoms with Crippen LogP contribution in [0.1, 0.15) is 5.56 Å². The van der Waals surface area contributed by atoms with Crippen molar-refractivity contribution in [3.63, 3.8) is 0 Å². The number of nitrogens with two attached hydrogens (primary N) is 2. The molecule has 0 amide bonds. The maximum atomic E-state index is 5.76. The van der Waals surface area contributed by atoms with Gasteiger partial charge in [0.05, 0.1) is 0 Å². The Bertz CT molecular complexity index is 346. The van der Waals surface area contributed by atoms with Crippen LogP contribution < -0.4 is 16.2 Å². The van der Waals surface area contributed by atoms with Crippen molar-refractivity contribution in [3.8, 4) is 0 Å². The molecule has 1 aliphatic heterocycles. The van der Waals surface area contributed by atoms with Crippen molar-refractivity contribution in [1.82, 2.24) is 4.72 Å². The van der Waals surface area contributed by atoms with Crippen LogP contribution in [-0.4, -0.2) is 0 Å². The Morgan fingerprint density at radius 2 is 2.08 bits per heavy atom. The fourth-order valence-electron chi connectivity index (χ4n) is 1.10. The van der Waals surface area contributed by atoms with Gasteiger partial charge in [0.1, 0.15) is 5.82 Å². The molecule has 12 heavy (non-hydrogen) atoms. The van der Waals surface area contributed by atoms with Crippen LogP contribution in [-0.2, 0) is 0 Å². The number of rotatable bonds is 0. The van der Waals surface area contributed by atoms with Crippen LogP contribution in [0.25, 0.3) is 6.08 Å². The van der Waals surface area contributed by atoms with Gasteiger partial charge in [0, 0.05) is 16.1 Å². The van der Waals surface area contributed by atoms with Crippen molar-refractivity contribution in [1.29, 1.82) is 0 Å². The molecule has 0 fully saturated rings. The Hall–Kier alpha value is -1.29. The van der Waals surface area contributed by atoms with Gasteiger partial charge in [-0.2, -0.15) is 0 Å². The van der Waals surface area contributed by atoms with Gasteiger partial charge in [-0.15, -0.1) is 0 Å². The first-order chi connectivity index (χ1) is 5.77. The van der Waals surface area contributed by atoms with Crippen LogP contribution in [0.4, 0.5) is 5.69 Å². The molecule has 0 atom stereocenters. The first-order valence-corrected chi connectivity index (χ1v) is 4.37. The Labute approximate surface area is 75.0 Å². The molecule has 1 aromatic carbocycles. The Balaban J connectivity index is 2.59. The van der Waals surface area contributed by atoms with Crippen LogP contribution in [0.5, 0.6) is 0 Å². The van der Waals surface area contributed by atoms with E-state index >= 15 is 0 Å². The third-order valence-corrected chi connectivity index (χ3v) is 2.59. The van der Waals surface area contributed by atoms with Gasteiger partial charge >= 0.3 is 0 Å². The van der Waals surface area contributed by atoms with Crippen LogP contribution in [0.2, 0.25) is 0 Å². The highest BCUT2D eigenvalue weighted by Crippen LogP contribution is 2.30. The summed E-state index contributed by atoms with van der Waals surface area (Å²) in [6.07, 6.45) is 1.85. The van der Waals surface area contributed by atoms with Crippen LogP contribution >= 0.6 is 11.9 Å². The summed E-state index contributed by atoms with van der Waals surface area (Å²) < 4.78 is 2.97. The van der Waals surface area contributed by atoms with Gasteiger partial charge in [0.25, 0.3) is 0 Å². The van der Waals surface area contributed by atoms with Crippen molar-refractivity contribution >= 4 is 23.7 Å². The molecule has 0 aromatic heterocycles. The minimum Gasteiger partial charge on any atom is -0.398 e. The summed E-state index contributed by atoms with van der Waals surface area (Å²) in [4.78, 5) is 1.12. The molecule has 2 rings (SSSR count). The van der Waals surface area contributed by atoms with E-state index in [-0.39, 0.29) is 0 Å². The molecule has 0 aliphatic carbocycles. The van der Waals surface area contributed by atoms with E-state index in [1.54, 1.807) is 0 Å². The zero-order valence-corrected chi connectivity index (χ0v) is 7.19. The normalized spacial score (nSPS) is 14.5. The molecule has 1 aliphatic rings. The average molecular weight is 179 g/mol. The predicted octanol–water partition coefficient (Wildman–Crippen LogP) is 1.14. The summed E-state index contributed by atoms with van der Waals surface area (Å²) in [6, 6.07) is 5.80. The van der Waals surface area contributed by atoms with E-state index in [1.165, 1.54) is 11.9 Å². The monoisotopic (exact) mass is 179 g/mol. The van der Waals surface area contributed by atoms with Crippen LogP contribution in [0.3, 0.4) is 0 Å². The number of anilines is 1. The second-order valence-corrected chi connectivity index (χ2v) is 3.41. The lowest BCUT2D eigenvalue weighted by atomic mass is 10.1. The maximum absolute atomic E-state index is 5.76. The maximum Gasteiger partial charge on any atom is 0.107 e. The van der Waals surface area contributed by atoms with E-state index in [0.29, 0.717) is 5.82 Å². The van der Waals surface area contributed by atoms with Gasteiger partial charge in [-0.1, -0.05) is 6.07 Å². The van der Waals surface area contributed by atoms with Gasteiger partial charge in [0.15, 0.2) is 0 Å². The smallest absolute Gasteiger partial charge is 0.107 e. The van der Waals surface area contributed by atoms with Gasteiger partial charge in [-0.05, 0) is 30.2 Å². The molecule has 0 saturated heterocycles. The summed E-state index contributed by atoms with van der Waals surface area (Å²) in [6.45, 7) is 0. The summed E-state index contributed by atoms with van der Waals surface area (Å²) in [5, 5.41) is 0. The molecule has 1 aromatic rings. The number of benzene rings is 1. The van der Waals surface area contributed by atoms with Crippen molar-refractivity contribution in [2.75, 3.05) is 5.73 Å². The van der Waals surface area contributed by atoms with E-state index in [9.17, 15) is 0 Å². The summed E-state index contributed by atoms with van der Waals surface area (Å²) >= 11 is 1.49. The molecule has 4 heteroatoms. The minimum atomic E-state index is 0.644. The van der Waals surface area contributed by atoms with E-state index in [0.717, 1.165) is 16.1 Å².